The molecule has 8 heteroatoms. The van der Waals surface area contributed by atoms with E-state index in [1.807, 2.05) is 18.2 Å². The molecule has 0 spiro atoms. The summed E-state index contributed by atoms with van der Waals surface area (Å²) in [7, 11) is 0. The molecule has 0 aromatic heterocycles. The molecule has 6 bridgehead atoms. The van der Waals surface area contributed by atoms with Crippen molar-refractivity contribution in [2.75, 3.05) is 26.2 Å². The summed E-state index contributed by atoms with van der Waals surface area (Å²) in [5.41, 5.74) is 1.57. The van der Waals surface area contributed by atoms with Gasteiger partial charge in [0.15, 0.2) is 17.4 Å². The lowest BCUT2D eigenvalue weighted by atomic mass is 9.49. The monoisotopic (exact) mass is 705 g/mol. The normalized spacial score (nSPS) is 35.5. The van der Waals surface area contributed by atoms with Gasteiger partial charge in [0.25, 0.3) is 0 Å². The fraction of sp³-hybridized carbons (Fsp3) is 0.651. The maximum Gasteiger partial charge on any atom is 0.193 e. The van der Waals surface area contributed by atoms with E-state index in [0.717, 1.165) is 60.4 Å². The number of hydrogen-bond donors (Lipinski definition) is 4. The van der Waals surface area contributed by atoms with Crippen molar-refractivity contribution in [2.24, 2.45) is 28.6 Å². The van der Waals surface area contributed by atoms with Gasteiger partial charge < -0.3 is 20.4 Å². The number of ketones is 1. The zero-order valence-corrected chi connectivity index (χ0v) is 30.4. The molecular formula is C43H57F2NO5. The van der Waals surface area contributed by atoms with Crippen LogP contribution in [0, 0.1) is 40.2 Å². The summed E-state index contributed by atoms with van der Waals surface area (Å²) in [6.07, 6.45) is 12.5. The Bertz CT molecular complexity index is 1610. The van der Waals surface area contributed by atoms with E-state index in [2.05, 4.69) is 24.8 Å². The summed E-state index contributed by atoms with van der Waals surface area (Å²) in [6.45, 7) is 5.35. The lowest BCUT2D eigenvalue weighted by molar-refractivity contribution is -0.114. The van der Waals surface area contributed by atoms with Gasteiger partial charge in [-0.1, -0.05) is 30.7 Å². The van der Waals surface area contributed by atoms with Crippen LogP contribution in [0.2, 0.25) is 0 Å². The number of aliphatic hydroxyl groups is 4. The third kappa shape index (κ3) is 7.37. The molecule has 0 amide bonds. The maximum absolute atomic E-state index is 14.4. The number of allylic oxidation sites excluding steroid dienone is 2. The molecule has 9 rings (SSSR count). The maximum atomic E-state index is 14.4. The summed E-state index contributed by atoms with van der Waals surface area (Å²) in [5.74, 6) is -0.423. The molecule has 5 unspecified atom stereocenters. The quantitative estimate of drug-likeness (QED) is 0.164. The van der Waals surface area contributed by atoms with Gasteiger partial charge in [0, 0.05) is 36.2 Å². The minimum absolute atomic E-state index is 0.0576. The smallest absolute Gasteiger partial charge is 0.193 e. The number of benzene rings is 2. The van der Waals surface area contributed by atoms with Gasteiger partial charge in [-0.15, -0.1) is 0 Å². The molecule has 7 aliphatic carbocycles. The second kappa shape index (κ2) is 14.4. The Morgan fingerprint density at radius 1 is 0.961 bits per heavy atom. The number of carbonyl (C=O) groups is 1. The predicted octanol–water partition coefficient (Wildman–Crippen LogP) is 7.11. The lowest BCUT2D eigenvalue weighted by Crippen LogP contribution is -2.57. The molecule has 5 atom stereocenters. The van der Waals surface area contributed by atoms with Crippen molar-refractivity contribution >= 4 is 5.78 Å². The van der Waals surface area contributed by atoms with E-state index in [4.69, 9.17) is 0 Å². The van der Waals surface area contributed by atoms with Crippen molar-refractivity contribution in [1.29, 1.82) is 0 Å². The fourth-order valence-corrected chi connectivity index (χ4v) is 11.9. The first kappa shape index (κ1) is 36.9. The van der Waals surface area contributed by atoms with Gasteiger partial charge in [0.05, 0.1) is 24.4 Å². The molecule has 51 heavy (non-hydrogen) atoms. The van der Waals surface area contributed by atoms with Gasteiger partial charge in [0.1, 0.15) is 0 Å². The van der Waals surface area contributed by atoms with E-state index in [1.165, 1.54) is 50.2 Å². The van der Waals surface area contributed by atoms with E-state index >= 15 is 0 Å². The second-order valence-corrected chi connectivity index (χ2v) is 17.8. The molecule has 4 N–H and O–H groups in total. The van der Waals surface area contributed by atoms with Crippen LogP contribution in [0.3, 0.4) is 0 Å². The van der Waals surface area contributed by atoms with Crippen LogP contribution < -0.4 is 0 Å². The number of aliphatic hydroxyl groups excluding tert-OH is 3. The second-order valence-electron chi connectivity index (χ2n) is 17.8. The van der Waals surface area contributed by atoms with Gasteiger partial charge >= 0.3 is 0 Å². The van der Waals surface area contributed by atoms with E-state index < -0.39 is 40.6 Å². The summed E-state index contributed by atoms with van der Waals surface area (Å²) in [5, 5.41) is 44.8. The Balaban J connectivity index is 1.27. The van der Waals surface area contributed by atoms with Crippen LogP contribution in [0.15, 0.2) is 48.0 Å². The van der Waals surface area contributed by atoms with Crippen molar-refractivity contribution in [3.63, 3.8) is 0 Å². The Morgan fingerprint density at radius 3 is 2.33 bits per heavy atom. The molecule has 278 valence electrons. The van der Waals surface area contributed by atoms with E-state index in [0.29, 0.717) is 44.2 Å². The Labute approximate surface area is 302 Å². The van der Waals surface area contributed by atoms with Gasteiger partial charge in [-0.25, -0.2) is 8.78 Å². The van der Waals surface area contributed by atoms with Crippen LogP contribution in [0.1, 0.15) is 124 Å². The minimum atomic E-state index is -1.16. The van der Waals surface area contributed by atoms with Crippen molar-refractivity contribution in [1.82, 2.24) is 4.90 Å². The predicted molar refractivity (Wildman–Crippen MR) is 193 cm³/mol. The first-order valence-corrected chi connectivity index (χ1v) is 19.5. The summed E-state index contributed by atoms with van der Waals surface area (Å²) in [4.78, 5) is 16.5. The zero-order chi connectivity index (χ0) is 36.1. The molecule has 0 saturated heterocycles. The Morgan fingerprint density at radius 2 is 1.67 bits per heavy atom. The largest absolute Gasteiger partial charge is 0.394 e. The van der Waals surface area contributed by atoms with Crippen molar-refractivity contribution in [3.05, 3.63) is 81.9 Å². The SMILES string of the molecule is CC1=CCCC2(C)C(CCC2(O)CN(CC(O)CO)CC23CC4CC(CC(C4)C2)C3)c2ccc(cc2C(=O)c2ccc(F)c(F)c2)CC(O)CC1. The van der Waals surface area contributed by atoms with Crippen LogP contribution >= 0.6 is 0 Å². The van der Waals surface area contributed by atoms with E-state index in [1.54, 1.807) is 0 Å². The van der Waals surface area contributed by atoms with Crippen molar-refractivity contribution < 1.29 is 34.0 Å². The topological polar surface area (TPSA) is 101 Å². The van der Waals surface area contributed by atoms with Crippen molar-refractivity contribution in [3.8, 4) is 0 Å². The summed E-state index contributed by atoms with van der Waals surface area (Å²) < 4.78 is 28.4. The highest BCUT2D eigenvalue weighted by atomic mass is 19.2. The molecule has 2 aromatic rings. The molecule has 2 aromatic carbocycles. The van der Waals surface area contributed by atoms with Crippen LogP contribution in [-0.4, -0.2) is 75.2 Å². The van der Waals surface area contributed by atoms with E-state index in [9.17, 15) is 34.0 Å². The minimum Gasteiger partial charge on any atom is -0.394 e. The summed E-state index contributed by atoms with van der Waals surface area (Å²) in [6, 6.07) is 8.98. The highest BCUT2D eigenvalue weighted by molar-refractivity contribution is 6.10. The van der Waals surface area contributed by atoms with Crippen LogP contribution in [0.5, 0.6) is 0 Å². The molecule has 0 radical (unpaired) electrons. The summed E-state index contributed by atoms with van der Waals surface area (Å²) >= 11 is 0. The molecular weight excluding hydrogens is 648 g/mol. The first-order valence-electron chi connectivity index (χ1n) is 19.5. The standard InChI is InChI=1S/C43H57F2NO5/c1-27-4-3-12-41(2)37(35-9-6-28(17-33(48)8-5-27)18-36(35)40(50)32-7-10-38(44)39(45)19-32)11-13-43(41,51)26-46(23-34(49)24-47)25-42-20-29-14-30(21-42)16-31(15-29)22-42/h4,6-7,9-10,18-19,29-31,33-34,37,47-49,51H,3,5,8,11-17,20-26H2,1-2H3. The van der Waals surface area contributed by atoms with E-state index in [-0.39, 0.29) is 30.0 Å². The number of hydrogen-bond acceptors (Lipinski definition) is 6. The molecule has 6 nitrogen and oxygen atoms in total. The number of fused-ring (bicyclic) bond motifs is 8. The third-order valence-corrected chi connectivity index (χ3v) is 14.0. The van der Waals surface area contributed by atoms with Gasteiger partial charge in [0.2, 0.25) is 0 Å². The highest BCUT2D eigenvalue weighted by Crippen LogP contribution is 2.62. The van der Waals surface area contributed by atoms with Crippen LogP contribution in [0.4, 0.5) is 8.78 Å². The Kier molecular flexibility index (Phi) is 10.4. The lowest BCUT2D eigenvalue weighted by Gasteiger charge is -2.58. The zero-order valence-electron chi connectivity index (χ0n) is 30.4. The van der Waals surface area contributed by atoms with Gasteiger partial charge in [-0.05, 0) is 155 Å². The number of nitrogens with zero attached hydrogens (tertiary/aromatic N) is 1. The van der Waals surface area contributed by atoms with Crippen LogP contribution in [0.25, 0.3) is 0 Å². The Hall–Kier alpha value is -2.49. The van der Waals surface area contributed by atoms with Crippen molar-refractivity contribution in [2.45, 2.75) is 121 Å². The molecule has 0 aliphatic heterocycles. The first-order chi connectivity index (χ1) is 24.3. The average molecular weight is 706 g/mol. The highest BCUT2D eigenvalue weighted by Gasteiger charge is 2.58. The number of halogens is 2. The number of rotatable bonds is 9. The van der Waals surface area contributed by atoms with Gasteiger partial charge in [-0.2, -0.15) is 0 Å². The average Bonchev–Trinajstić information content (AvgIpc) is 3.32. The molecule has 5 saturated carbocycles. The molecule has 0 heterocycles. The molecule has 5 fully saturated rings. The number of carbonyl (C=O) groups excluding carboxylic acids is 1. The third-order valence-electron chi connectivity index (χ3n) is 14.0. The van der Waals surface area contributed by atoms with Gasteiger partial charge in [-0.3, -0.25) is 9.69 Å². The fourth-order valence-electron chi connectivity index (χ4n) is 11.9. The van der Waals surface area contributed by atoms with Crippen LogP contribution in [-0.2, 0) is 6.42 Å². The molecule has 7 aliphatic rings.